The van der Waals surface area contributed by atoms with Crippen LogP contribution in [0.4, 0.5) is 0 Å². The van der Waals surface area contributed by atoms with Gasteiger partial charge in [0, 0.05) is 23.1 Å². The molecule has 0 aliphatic rings. The van der Waals surface area contributed by atoms with Gasteiger partial charge in [-0.05, 0) is 25.1 Å². The van der Waals surface area contributed by atoms with Crippen LogP contribution in [0.15, 0.2) is 43.1 Å². The lowest BCUT2D eigenvalue weighted by molar-refractivity contribution is 0.0699. The molecule has 1 N–H and O–H groups in total. The molecule has 3 heteroatoms. The van der Waals surface area contributed by atoms with E-state index in [1.54, 1.807) is 12.1 Å². The third kappa shape index (κ3) is 1.50. The van der Waals surface area contributed by atoms with Crippen LogP contribution in [-0.2, 0) is 0 Å². The number of allylic oxidation sites excluding steroid dienone is 1. The normalized spacial score (nSPS) is 12.6. The number of hydrogen-bond donors (Lipinski definition) is 1. The first-order valence-corrected chi connectivity index (χ1v) is 5.10. The van der Waals surface area contributed by atoms with Crippen LogP contribution in [0.25, 0.3) is 10.9 Å². The van der Waals surface area contributed by atoms with Crippen molar-refractivity contribution < 1.29 is 9.90 Å². The van der Waals surface area contributed by atoms with E-state index in [4.69, 9.17) is 5.11 Å². The molecule has 0 spiro atoms. The van der Waals surface area contributed by atoms with E-state index in [9.17, 15) is 4.79 Å². The number of rotatable bonds is 3. The lowest BCUT2D eigenvalue weighted by Crippen LogP contribution is -2.01. The Morgan fingerprint density at radius 1 is 1.50 bits per heavy atom. The van der Waals surface area contributed by atoms with E-state index >= 15 is 0 Å². The van der Waals surface area contributed by atoms with E-state index < -0.39 is 5.97 Å². The van der Waals surface area contributed by atoms with E-state index in [-0.39, 0.29) is 6.04 Å². The van der Waals surface area contributed by atoms with Crippen molar-refractivity contribution in [1.82, 2.24) is 4.57 Å². The van der Waals surface area contributed by atoms with Crippen LogP contribution < -0.4 is 0 Å². The van der Waals surface area contributed by atoms with Crippen LogP contribution in [-0.4, -0.2) is 15.6 Å². The molecule has 1 aromatic carbocycles. The average Bonchev–Trinajstić information content (AvgIpc) is 2.71. The molecule has 0 saturated carbocycles. The van der Waals surface area contributed by atoms with E-state index in [1.807, 2.05) is 35.9 Å². The summed E-state index contributed by atoms with van der Waals surface area (Å²) in [7, 11) is 0. The summed E-state index contributed by atoms with van der Waals surface area (Å²) in [6.07, 6.45) is 3.72. The summed E-state index contributed by atoms with van der Waals surface area (Å²) in [5, 5.41) is 9.83. The maximum Gasteiger partial charge on any atom is 0.336 e. The Hall–Kier alpha value is -2.03. The number of aromatic carboxylic acids is 1. The number of carbonyl (C=O) groups is 1. The zero-order valence-corrected chi connectivity index (χ0v) is 9.05. The first-order valence-electron chi connectivity index (χ1n) is 5.10. The van der Waals surface area contributed by atoms with Gasteiger partial charge >= 0.3 is 5.97 Å². The van der Waals surface area contributed by atoms with Crippen LogP contribution in [0, 0.1) is 0 Å². The lowest BCUT2D eigenvalue weighted by Gasteiger charge is -2.10. The fraction of sp³-hybridized carbons (Fsp3) is 0.154. The fourth-order valence-electron chi connectivity index (χ4n) is 1.84. The number of benzene rings is 1. The Morgan fingerprint density at radius 2 is 2.25 bits per heavy atom. The van der Waals surface area contributed by atoms with Crippen molar-refractivity contribution >= 4 is 16.9 Å². The molecule has 0 fully saturated rings. The van der Waals surface area contributed by atoms with Gasteiger partial charge in [-0.1, -0.05) is 12.1 Å². The highest BCUT2D eigenvalue weighted by molar-refractivity contribution is 6.03. The highest BCUT2D eigenvalue weighted by Crippen LogP contribution is 2.23. The van der Waals surface area contributed by atoms with Crippen LogP contribution in [0.1, 0.15) is 23.3 Å². The van der Waals surface area contributed by atoms with Crippen LogP contribution in [0.2, 0.25) is 0 Å². The molecule has 0 amide bonds. The van der Waals surface area contributed by atoms with Gasteiger partial charge in [0.15, 0.2) is 0 Å². The minimum Gasteiger partial charge on any atom is -0.478 e. The van der Waals surface area contributed by atoms with Crippen LogP contribution >= 0.6 is 0 Å². The zero-order valence-electron chi connectivity index (χ0n) is 9.05. The van der Waals surface area contributed by atoms with Crippen LogP contribution in [0.5, 0.6) is 0 Å². The Bertz CT molecular complexity index is 554. The average molecular weight is 215 g/mol. The second-order valence-corrected chi connectivity index (χ2v) is 3.74. The van der Waals surface area contributed by atoms with Crippen LogP contribution in [0.3, 0.4) is 0 Å². The van der Waals surface area contributed by atoms with Crippen molar-refractivity contribution in [3.8, 4) is 0 Å². The zero-order chi connectivity index (χ0) is 11.7. The van der Waals surface area contributed by atoms with Gasteiger partial charge in [0.05, 0.1) is 5.56 Å². The Labute approximate surface area is 93.6 Å². The smallest absolute Gasteiger partial charge is 0.336 e. The molecule has 2 rings (SSSR count). The highest BCUT2D eigenvalue weighted by Gasteiger charge is 2.11. The standard InChI is InChI=1S/C13H13NO2/c1-3-9(2)14-8-7-10-11(13(15)16)5-4-6-12(10)14/h3-9H,1H2,2H3,(H,15,16). The molecular weight excluding hydrogens is 202 g/mol. The predicted octanol–water partition coefficient (Wildman–Crippen LogP) is 3.09. The van der Waals surface area contributed by atoms with Crippen molar-refractivity contribution in [3.63, 3.8) is 0 Å². The summed E-state index contributed by atoms with van der Waals surface area (Å²) in [5.41, 5.74) is 1.26. The third-order valence-corrected chi connectivity index (χ3v) is 2.77. The third-order valence-electron chi connectivity index (χ3n) is 2.77. The van der Waals surface area contributed by atoms with Crippen molar-refractivity contribution in [3.05, 3.63) is 48.7 Å². The summed E-state index contributed by atoms with van der Waals surface area (Å²) < 4.78 is 2.01. The topological polar surface area (TPSA) is 42.2 Å². The Kier molecular flexibility index (Phi) is 2.52. The van der Waals surface area contributed by atoms with Gasteiger partial charge in [0.2, 0.25) is 0 Å². The molecule has 1 aromatic heterocycles. The SMILES string of the molecule is C=CC(C)n1ccc2c(C(=O)O)cccc21. The van der Waals surface area contributed by atoms with Crippen molar-refractivity contribution in [2.75, 3.05) is 0 Å². The molecule has 0 radical (unpaired) electrons. The summed E-state index contributed by atoms with van der Waals surface area (Å²) in [6.45, 7) is 5.76. The lowest BCUT2D eigenvalue weighted by atomic mass is 10.1. The van der Waals surface area contributed by atoms with E-state index in [2.05, 4.69) is 6.58 Å². The number of fused-ring (bicyclic) bond motifs is 1. The summed E-state index contributed by atoms with van der Waals surface area (Å²) in [6, 6.07) is 7.29. The Morgan fingerprint density at radius 3 is 2.88 bits per heavy atom. The van der Waals surface area contributed by atoms with Crippen molar-refractivity contribution in [2.45, 2.75) is 13.0 Å². The molecular formula is C13H13NO2. The van der Waals surface area contributed by atoms with Gasteiger partial charge < -0.3 is 9.67 Å². The molecule has 0 aliphatic heterocycles. The fourth-order valence-corrected chi connectivity index (χ4v) is 1.84. The van der Waals surface area contributed by atoms with Gasteiger partial charge in [-0.25, -0.2) is 4.79 Å². The number of nitrogens with zero attached hydrogens (tertiary/aromatic N) is 1. The molecule has 3 nitrogen and oxygen atoms in total. The van der Waals surface area contributed by atoms with E-state index in [0.717, 1.165) is 10.9 Å². The molecule has 1 heterocycles. The number of carboxylic acids is 1. The number of carboxylic acid groups (broad SMARTS) is 1. The van der Waals surface area contributed by atoms with Crippen molar-refractivity contribution in [1.29, 1.82) is 0 Å². The maximum atomic E-state index is 11.0. The molecule has 1 unspecified atom stereocenters. The summed E-state index contributed by atoms with van der Waals surface area (Å²) in [4.78, 5) is 11.0. The van der Waals surface area contributed by atoms with E-state index in [0.29, 0.717) is 5.56 Å². The second-order valence-electron chi connectivity index (χ2n) is 3.74. The van der Waals surface area contributed by atoms with Gasteiger partial charge in [-0.15, -0.1) is 6.58 Å². The van der Waals surface area contributed by atoms with E-state index in [1.165, 1.54) is 0 Å². The van der Waals surface area contributed by atoms with Gasteiger partial charge in [0.25, 0.3) is 0 Å². The quantitative estimate of drug-likeness (QED) is 0.799. The summed E-state index contributed by atoms with van der Waals surface area (Å²) in [5.74, 6) is -0.894. The molecule has 82 valence electrons. The van der Waals surface area contributed by atoms with Gasteiger partial charge in [-0.2, -0.15) is 0 Å². The molecule has 1 atom stereocenters. The van der Waals surface area contributed by atoms with Gasteiger partial charge in [-0.3, -0.25) is 0 Å². The number of aromatic nitrogens is 1. The summed E-state index contributed by atoms with van der Waals surface area (Å²) >= 11 is 0. The highest BCUT2D eigenvalue weighted by atomic mass is 16.4. The first kappa shape index (κ1) is 10.5. The van der Waals surface area contributed by atoms with Gasteiger partial charge in [0.1, 0.15) is 0 Å². The minimum atomic E-state index is -0.894. The minimum absolute atomic E-state index is 0.154. The molecule has 0 aliphatic carbocycles. The first-order chi connectivity index (χ1) is 7.65. The Balaban J connectivity index is 2.70. The molecule has 0 saturated heterocycles. The second kappa shape index (κ2) is 3.85. The largest absolute Gasteiger partial charge is 0.478 e. The number of hydrogen-bond acceptors (Lipinski definition) is 1. The molecule has 2 aromatic rings. The monoisotopic (exact) mass is 215 g/mol. The molecule has 16 heavy (non-hydrogen) atoms. The van der Waals surface area contributed by atoms with Crippen molar-refractivity contribution in [2.24, 2.45) is 0 Å². The predicted molar refractivity (Wildman–Crippen MR) is 63.8 cm³/mol. The molecule has 0 bridgehead atoms. The maximum absolute atomic E-state index is 11.0.